The van der Waals surface area contributed by atoms with E-state index in [0.29, 0.717) is 43.4 Å². The standard InChI is InChI=1S/C21H30FNO4S/c22-17-11-12-28-20(17)10-8-14(24)7-9-16-15(18(25)13-19(16)26)5-3-1-2-4-6-21(23)27/h1,3,7,9,11-12,14-16,18-19,24-26H,2,4-6,8,10,13H2,(H2,23,27)/t14-,15-,16-,18+,19-/m1/s1. The number of thiophene rings is 1. The van der Waals surface area contributed by atoms with Crippen LogP contribution < -0.4 is 5.73 Å². The van der Waals surface area contributed by atoms with Crippen LogP contribution in [-0.2, 0) is 11.2 Å². The van der Waals surface area contributed by atoms with Crippen molar-refractivity contribution in [3.05, 3.63) is 46.4 Å². The van der Waals surface area contributed by atoms with E-state index in [-0.39, 0.29) is 23.6 Å². The fourth-order valence-electron chi connectivity index (χ4n) is 3.61. The van der Waals surface area contributed by atoms with Crippen molar-refractivity contribution >= 4 is 17.2 Å². The van der Waals surface area contributed by atoms with Gasteiger partial charge >= 0.3 is 0 Å². The number of primary amides is 1. The Bertz CT molecular complexity index is 675. The van der Waals surface area contributed by atoms with Crippen molar-refractivity contribution in [1.82, 2.24) is 0 Å². The van der Waals surface area contributed by atoms with E-state index in [0.717, 1.165) is 6.42 Å². The normalized spacial score (nSPS) is 26.4. The van der Waals surface area contributed by atoms with Crippen LogP contribution in [0, 0.1) is 17.7 Å². The Morgan fingerprint density at radius 1 is 1.36 bits per heavy atom. The zero-order chi connectivity index (χ0) is 20.5. The number of aryl methyl sites for hydroxylation is 1. The van der Waals surface area contributed by atoms with Gasteiger partial charge in [0.2, 0.25) is 5.91 Å². The highest BCUT2D eigenvalue weighted by molar-refractivity contribution is 7.09. The Morgan fingerprint density at radius 2 is 2.14 bits per heavy atom. The quantitative estimate of drug-likeness (QED) is 0.332. The minimum absolute atomic E-state index is 0.124. The number of allylic oxidation sites excluding steroid dienone is 2. The minimum atomic E-state index is -0.726. The number of aliphatic hydroxyl groups is 3. The summed E-state index contributed by atoms with van der Waals surface area (Å²) in [5, 5.41) is 32.3. The third-order valence-electron chi connectivity index (χ3n) is 5.20. The van der Waals surface area contributed by atoms with Crippen LogP contribution in [0.5, 0.6) is 0 Å². The van der Waals surface area contributed by atoms with Crippen LogP contribution in [0.4, 0.5) is 4.39 Å². The van der Waals surface area contributed by atoms with Crippen molar-refractivity contribution in [2.45, 2.75) is 63.3 Å². The molecule has 2 rings (SSSR count). The van der Waals surface area contributed by atoms with E-state index in [4.69, 9.17) is 5.73 Å². The topological polar surface area (TPSA) is 104 Å². The summed E-state index contributed by atoms with van der Waals surface area (Å²) in [4.78, 5) is 11.3. The van der Waals surface area contributed by atoms with Crippen LogP contribution in [0.25, 0.3) is 0 Å². The molecule has 1 aromatic rings. The van der Waals surface area contributed by atoms with Gasteiger partial charge in [-0.2, -0.15) is 0 Å². The van der Waals surface area contributed by atoms with Crippen LogP contribution in [0.3, 0.4) is 0 Å². The van der Waals surface area contributed by atoms with Gasteiger partial charge in [-0.15, -0.1) is 11.3 Å². The van der Waals surface area contributed by atoms with Gasteiger partial charge in [-0.25, -0.2) is 4.39 Å². The highest BCUT2D eigenvalue weighted by Gasteiger charge is 2.39. The summed E-state index contributed by atoms with van der Waals surface area (Å²) in [7, 11) is 0. The number of hydrogen-bond donors (Lipinski definition) is 4. The molecule has 7 heteroatoms. The summed E-state index contributed by atoms with van der Waals surface area (Å²) in [6.07, 6.45) is 8.95. The van der Waals surface area contributed by atoms with Gasteiger partial charge in [0.05, 0.1) is 18.3 Å². The number of carbonyl (C=O) groups excluding carboxylic acids is 1. The number of aliphatic hydroxyl groups excluding tert-OH is 3. The van der Waals surface area contributed by atoms with Gasteiger partial charge in [0.1, 0.15) is 5.82 Å². The molecule has 0 bridgehead atoms. The van der Waals surface area contributed by atoms with Gasteiger partial charge in [0.15, 0.2) is 0 Å². The van der Waals surface area contributed by atoms with Gasteiger partial charge in [-0.3, -0.25) is 4.79 Å². The summed E-state index contributed by atoms with van der Waals surface area (Å²) in [5.74, 6) is -0.912. The number of unbranched alkanes of at least 4 members (excludes halogenated alkanes) is 1. The third kappa shape index (κ3) is 7.13. The van der Waals surface area contributed by atoms with E-state index in [1.54, 1.807) is 17.5 Å². The van der Waals surface area contributed by atoms with Crippen molar-refractivity contribution in [3.8, 4) is 0 Å². The average Bonchev–Trinajstić information content (AvgIpc) is 3.16. The Kier molecular flexibility index (Phi) is 9.31. The molecule has 28 heavy (non-hydrogen) atoms. The lowest BCUT2D eigenvalue weighted by atomic mass is 9.89. The first kappa shape index (κ1) is 22.7. The molecule has 1 amide bonds. The minimum Gasteiger partial charge on any atom is -0.393 e. The van der Waals surface area contributed by atoms with Gasteiger partial charge in [-0.05, 0) is 49.5 Å². The molecule has 5 nitrogen and oxygen atoms in total. The summed E-state index contributed by atoms with van der Waals surface area (Å²) >= 11 is 1.34. The van der Waals surface area contributed by atoms with Crippen molar-refractivity contribution in [2.24, 2.45) is 17.6 Å². The second-order valence-electron chi connectivity index (χ2n) is 7.36. The summed E-state index contributed by atoms with van der Waals surface area (Å²) in [6.45, 7) is 0. The number of hydrogen-bond acceptors (Lipinski definition) is 5. The molecule has 5 atom stereocenters. The molecular formula is C21H30FNO4S. The predicted octanol–water partition coefficient (Wildman–Crippen LogP) is 2.70. The number of amides is 1. The molecule has 0 aliphatic heterocycles. The maximum atomic E-state index is 13.4. The van der Waals surface area contributed by atoms with Gasteiger partial charge in [-0.1, -0.05) is 24.3 Å². The van der Waals surface area contributed by atoms with Gasteiger partial charge in [0.25, 0.3) is 0 Å². The molecule has 1 aliphatic carbocycles. The van der Waals surface area contributed by atoms with Crippen LogP contribution in [-0.4, -0.2) is 39.5 Å². The van der Waals surface area contributed by atoms with E-state index in [9.17, 15) is 24.5 Å². The van der Waals surface area contributed by atoms with Crippen molar-refractivity contribution in [1.29, 1.82) is 0 Å². The Morgan fingerprint density at radius 3 is 2.82 bits per heavy atom. The lowest BCUT2D eigenvalue weighted by Gasteiger charge is -2.19. The van der Waals surface area contributed by atoms with Crippen LogP contribution in [0.2, 0.25) is 0 Å². The molecule has 0 saturated heterocycles. The maximum absolute atomic E-state index is 13.4. The second-order valence-corrected chi connectivity index (χ2v) is 8.36. The first-order valence-corrected chi connectivity index (χ1v) is 10.6. The Balaban J connectivity index is 1.82. The average molecular weight is 412 g/mol. The lowest BCUT2D eigenvalue weighted by molar-refractivity contribution is -0.118. The second kappa shape index (κ2) is 11.5. The molecular weight excluding hydrogens is 381 g/mol. The SMILES string of the molecule is NC(=O)CCCC=CC[C@@H]1[C@@H](C=C[C@@H](O)CCc2sccc2F)[C@H](O)C[C@@H]1O. The fraction of sp³-hybridized carbons (Fsp3) is 0.571. The summed E-state index contributed by atoms with van der Waals surface area (Å²) in [5.41, 5.74) is 5.10. The lowest BCUT2D eigenvalue weighted by Crippen LogP contribution is -2.20. The zero-order valence-electron chi connectivity index (χ0n) is 15.9. The molecule has 0 spiro atoms. The molecule has 1 fully saturated rings. The zero-order valence-corrected chi connectivity index (χ0v) is 16.7. The highest BCUT2D eigenvalue weighted by Crippen LogP contribution is 2.36. The highest BCUT2D eigenvalue weighted by atomic mass is 32.1. The molecule has 0 unspecified atom stereocenters. The van der Waals surface area contributed by atoms with Gasteiger partial charge in [0, 0.05) is 23.6 Å². The first-order chi connectivity index (χ1) is 13.4. The van der Waals surface area contributed by atoms with E-state index in [2.05, 4.69) is 0 Å². The summed E-state index contributed by atoms with van der Waals surface area (Å²) < 4.78 is 13.4. The van der Waals surface area contributed by atoms with Crippen LogP contribution in [0.1, 0.15) is 43.4 Å². The van der Waals surface area contributed by atoms with E-state index in [1.165, 1.54) is 17.4 Å². The Labute approximate surface area is 169 Å². The predicted molar refractivity (Wildman–Crippen MR) is 108 cm³/mol. The molecule has 1 saturated carbocycles. The maximum Gasteiger partial charge on any atom is 0.217 e. The van der Waals surface area contributed by atoms with Crippen molar-refractivity contribution < 1.29 is 24.5 Å². The largest absolute Gasteiger partial charge is 0.393 e. The smallest absolute Gasteiger partial charge is 0.217 e. The monoisotopic (exact) mass is 411 g/mol. The Hall–Kier alpha value is -1.54. The van der Waals surface area contributed by atoms with Crippen LogP contribution >= 0.6 is 11.3 Å². The molecule has 1 heterocycles. The van der Waals surface area contributed by atoms with Crippen molar-refractivity contribution in [2.75, 3.05) is 0 Å². The van der Waals surface area contributed by atoms with Crippen LogP contribution in [0.15, 0.2) is 35.8 Å². The molecule has 156 valence electrons. The van der Waals surface area contributed by atoms with Crippen molar-refractivity contribution in [3.63, 3.8) is 0 Å². The number of rotatable bonds is 11. The molecule has 1 aliphatic rings. The van der Waals surface area contributed by atoms with E-state index >= 15 is 0 Å². The van der Waals surface area contributed by atoms with E-state index in [1.807, 2.05) is 12.2 Å². The number of nitrogens with two attached hydrogens (primary N) is 1. The fourth-order valence-corrected chi connectivity index (χ4v) is 4.38. The first-order valence-electron chi connectivity index (χ1n) is 9.76. The number of carbonyl (C=O) groups is 1. The van der Waals surface area contributed by atoms with Gasteiger partial charge < -0.3 is 21.1 Å². The molecule has 5 N–H and O–H groups in total. The molecule has 0 radical (unpaired) electrons. The van der Waals surface area contributed by atoms with E-state index < -0.39 is 18.3 Å². The third-order valence-corrected chi connectivity index (χ3v) is 6.15. The summed E-state index contributed by atoms with van der Waals surface area (Å²) in [6, 6.07) is 1.42. The molecule has 1 aromatic heterocycles. The molecule has 0 aromatic carbocycles. The number of halogens is 1.